The zero-order chi connectivity index (χ0) is 12.8. The van der Waals surface area contributed by atoms with Crippen LogP contribution < -0.4 is 0 Å². The van der Waals surface area contributed by atoms with Crippen molar-refractivity contribution in [3.05, 3.63) is 0 Å². The van der Waals surface area contributed by atoms with Gasteiger partial charge in [0.25, 0.3) is 0 Å². The van der Waals surface area contributed by atoms with Crippen molar-refractivity contribution in [2.75, 3.05) is 18.1 Å². The Kier molecular flexibility index (Phi) is 5.77. The van der Waals surface area contributed by atoms with Gasteiger partial charge >= 0.3 is 12.1 Å². The van der Waals surface area contributed by atoms with Crippen LogP contribution in [-0.4, -0.2) is 38.7 Å². The Morgan fingerprint density at radius 2 is 1.88 bits per heavy atom. The lowest BCUT2D eigenvalue weighted by atomic mass is 10.5. The third kappa shape index (κ3) is 8.51. The first-order valence-electron chi connectivity index (χ1n) is 4.59. The van der Waals surface area contributed by atoms with E-state index in [2.05, 4.69) is 4.74 Å². The van der Waals surface area contributed by atoms with Crippen LogP contribution >= 0.6 is 0 Å². The Labute approximate surface area is 91.7 Å². The first-order chi connectivity index (χ1) is 7.16. The highest BCUT2D eigenvalue weighted by atomic mass is 32.2. The second kappa shape index (κ2) is 6.07. The molecule has 0 saturated heterocycles. The quantitative estimate of drug-likeness (QED) is 0.677. The van der Waals surface area contributed by atoms with Gasteiger partial charge in [0.2, 0.25) is 0 Å². The average Bonchev–Trinajstić information content (AvgIpc) is 2.10. The summed E-state index contributed by atoms with van der Waals surface area (Å²) in [5.74, 6) is -3.09. The van der Waals surface area contributed by atoms with Gasteiger partial charge in [0.1, 0.15) is 5.75 Å². The lowest BCUT2D eigenvalue weighted by Crippen LogP contribution is -2.24. The molecule has 0 aliphatic rings. The van der Waals surface area contributed by atoms with Gasteiger partial charge in [-0.1, -0.05) is 6.92 Å². The standard InChI is InChI=1S/C8H13F3O4S/c1-2-4-15-7(12)6-16(13,14)5-3-8(9,10)11/h2-6H2,1H3. The molecule has 0 unspecified atom stereocenters. The number of halogens is 3. The summed E-state index contributed by atoms with van der Waals surface area (Å²) in [5, 5.41) is 0. The average molecular weight is 262 g/mol. The Balaban J connectivity index is 4.10. The van der Waals surface area contributed by atoms with Crippen LogP contribution in [0.4, 0.5) is 13.2 Å². The smallest absolute Gasteiger partial charge is 0.390 e. The summed E-state index contributed by atoms with van der Waals surface area (Å²) in [6.45, 7) is 1.78. The lowest BCUT2D eigenvalue weighted by molar-refractivity contribution is -0.140. The maximum Gasteiger partial charge on any atom is 0.390 e. The highest BCUT2D eigenvalue weighted by molar-refractivity contribution is 7.92. The fourth-order valence-corrected chi connectivity index (χ4v) is 1.91. The van der Waals surface area contributed by atoms with E-state index in [1.807, 2.05) is 0 Å². The van der Waals surface area contributed by atoms with Crippen molar-refractivity contribution in [2.24, 2.45) is 0 Å². The number of carbonyl (C=O) groups is 1. The van der Waals surface area contributed by atoms with E-state index in [-0.39, 0.29) is 6.61 Å². The number of alkyl halides is 3. The number of ether oxygens (including phenoxy) is 1. The molecule has 0 heterocycles. The van der Waals surface area contributed by atoms with Crippen molar-refractivity contribution in [2.45, 2.75) is 25.9 Å². The second-order valence-electron chi connectivity index (χ2n) is 3.18. The van der Waals surface area contributed by atoms with Gasteiger partial charge < -0.3 is 4.74 Å². The number of sulfone groups is 1. The molecule has 0 aromatic carbocycles. The van der Waals surface area contributed by atoms with Crippen LogP contribution in [0, 0.1) is 0 Å². The fraction of sp³-hybridized carbons (Fsp3) is 0.875. The Hall–Kier alpha value is -0.790. The summed E-state index contributed by atoms with van der Waals surface area (Å²) in [7, 11) is -4.04. The van der Waals surface area contributed by atoms with Gasteiger partial charge in [0.15, 0.2) is 9.84 Å². The fourth-order valence-electron chi connectivity index (χ4n) is 0.781. The van der Waals surface area contributed by atoms with Crippen LogP contribution in [0.15, 0.2) is 0 Å². The Morgan fingerprint density at radius 3 is 2.31 bits per heavy atom. The monoisotopic (exact) mass is 262 g/mol. The Morgan fingerprint density at radius 1 is 1.31 bits per heavy atom. The number of hydrogen-bond donors (Lipinski definition) is 0. The SMILES string of the molecule is CCCOC(=O)CS(=O)(=O)CCC(F)(F)F. The maximum atomic E-state index is 11.7. The molecule has 0 fully saturated rings. The minimum Gasteiger partial charge on any atom is -0.465 e. The maximum absolute atomic E-state index is 11.7. The Bertz CT molecular complexity index is 321. The van der Waals surface area contributed by atoms with E-state index in [1.165, 1.54) is 0 Å². The molecule has 0 rings (SSSR count). The number of hydrogen-bond acceptors (Lipinski definition) is 4. The van der Waals surface area contributed by atoms with Gasteiger partial charge in [0.05, 0.1) is 18.8 Å². The van der Waals surface area contributed by atoms with Crippen LogP contribution in [0.1, 0.15) is 19.8 Å². The molecule has 96 valence electrons. The lowest BCUT2D eigenvalue weighted by Gasteiger charge is -2.07. The van der Waals surface area contributed by atoms with E-state index in [0.717, 1.165) is 0 Å². The minimum atomic E-state index is -4.54. The number of carbonyl (C=O) groups excluding carboxylic acids is 1. The molecule has 0 aromatic heterocycles. The number of esters is 1. The molecule has 16 heavy (non-hydrogen) atoms. The summed E-state index contributed by atoms with van der Waals surface area (Å²) < 4.78 is 61.8. The van der Waals surface area contributed by atoms with Crippen LogP contribution in [0.2, 0.25) is 0 Å². The molecule has 0 aromatic rings. The molecule has 0 aliphatic heterocycles. The molecule has 0 bridgehead atoms. The first-order valence-corrected chi connectivity index (χ1v) is 6.41. The van der Waals surface area contributed by atoms with Crippen molar-refractivity contribution in [1.29, 1.82) is 0 Å². The first kappa shape index (κ1) is 15.2. The van der Waals surface area contributed by atoms with Gasteiger partial charge in [0, 0.05) is 0 Å². The summed E-state index contributed by atoms with van der Waals surface area (Å²) in [6, 6.07) is 0. The molecule has 4 nitrogen and oxygen atoms in total. The van der Waals surface area contributed by atoms with E-state index in [0.29, 0.717) is 6.42 Å². The summed E-state index contributed by atoms with van der Waals surface area (Å²) in [5.41, 5.74) is 0. The summed E-state index contributed by atoms with van der Waals surface area (Å²) in [4.78, 5) is 10.9. The molecule has 0 saturated carbocycles. The van der Waals surface area contributed by atoms with Gasteiger partial charge in [-0.05, 0) is 6.42 Å². The third-order valence-electron chi connectivity index (χ3n) is 1.50. The van der Waals surface area contributed by atoms with Gasteiger partial charge in [-0.2, -0.15) is 13.2 Å². The van der Waals surface area contributed by atoms with E-state index in [9.17, 15) is 26.4 Å². The number of rotatable bonds is 6. The van der Waals surface area contributed by atoms with Crippen LogP contribution in [0.3, 0.4) is 0 Å². The third-order valence-corrected chi connectivity index (χ3v) is 3.00. The minimum absolute atomic E-state index is 0.0631. The molecule has 0 amide bonds. The van der Waals surface area contributed by atoms with Gasteiger partial charge in [-0.15, -0.1) is 0 Å². The molecule has 8 heteroatoms. The highest BCUT2D eigenvalue weighted by Crippen LogP contribution is 2.20. The normalized spacial score (nSPS) is 12.5. The molecule has 0 atom stereocenters. The van der Waals surface area contributed by atoms with Crippen LogP contribution in [0.5, 0.6) is 0 Å². The zero-order valence-corrected chi connectivity index (χ0v) is 9.53. The largest absolute Gasteiger partial charge is 0.465 e. The zero-order valence-electron chi connectivity index (χ0n) is 8.71. The van der Waals surface area contributed by atoms with Crippen LogP contribution in [-0.2, 0) is 19.4 Å². The molecular weight excluding hydrogens is 249 g/mol. The van der Waals surface area contributed by atoms with Crippen molar-refractivity contribution in [3.63, 3.8) is 0 Å². The van der Waals surface area contributed by atoms with Gasteiger partial charge in [-0.3, -0.25) is 4.79 Å². The van der Waals surface area contributed by atoms with E-state index >= 15 is 0 Å². The molecule has 0 radical (unpaired) electrons. The predicted octanol–water partition coefficient (Wildman–Crippen LogP) is 1.31. The second-order valence-corrected chi connectivity index (χ2v) is 5.36. The van der Waals surface area contributed by atoms with E-state index in [4.69, 9.17) is 0 Å². The van der Waals surface area contributed by atoms with Crippen molar-refractivity contribution >= 4 is 15.8 Å². The molecule has 0 N–H and O–H groups in total. The predicted molar refractivity (Wildman–Crippen MR) is 50.6 cm³/mol. The van der Waals surface area contributed by atoms with E-state index < -0.39 is 39.9 Å². The highest BCUT2D eigenvalue weighted by Gasteiger charge is 2.30. The summed E-state index contributed by atoms with van der Waals surface area (Å²) >= 11 is 0. The molecule has 0 aliphatic carbocycles. The van der Waals surface area contributed by atoms with Gasteiger partial charge in [-0.25, -0.2) is 8.42 Å². The van der Waals surface area contributed by atoms with Crippen LogP contribution in [0.25, 0.3) is 0 Å². The van der Waals surface area contributed by atoms with Crippen molar-refractivity contribution in [3.8, 4) is 0 Å². The van der Waals surface area contributed by atoms with Crippen molar-refractivity contribution < 1.29 is 31.1 Å². The molecular formula is C8H13F3O4S. The summed E-state index contributed by atoms with van der Waals surface area (Å²) in [6.07, 6.45) is -5.47. The topological polar surface area (TPSA) is 60.4 Å². The van der Waals surface area contributed by atoms with E-state index in [1.54, 1.807) is 6.92 Å². The van der Waals surface area contributed by atoms with Crippen molar-refractivity contribution in [1.82, 2.24) is 0 Å². The molecule has 0 spiro atoms.